The highest BCUT2D eigenvalue weighted by atomic mass is 13.8. The first kappa shape index (κ1) is 30.2. The first-order chi connectivity index (χ1) is 6.93. The van der Waals surface area contributed by atoms with Gasteiger partial charge in [0.25, 0.3) is 0 Å². The Kier molecular flexibility index (Phi) is 44.4. The van der Waals surface area contributed by atoms with Gasteiger partial charge in [-0.3, -0.25) is 0 Å². The Morgan fingerprint density at radius 2 is 0.294 bits per heavy atom. The summed E-state index contributed by atoms with van der Waals surface area (Å²) in [5.74, 6) is 3.33. The second-order valence-electron chi connectivity index (χ2n) is 6.93. The fraction of sp³-hybridized carbons (Fsp3) is 0.941. The fourth-order valence-electron chi connectivity index (χ4n) is 0. The van der Waals surface area contributed by atoms with Crippen LogP contribution in [0.1, 0.15) is 83.1 Å². The van der Waals surface area contributed by atoms with E-state index in [1.807, 2.05) is 0 Å². The lowest BCUT2D eigenvalue weighted by Crippen LogP contribution is -1.66. The fourth-order valence-corrected chi connectivity index (χ4v) is 0. The molecule has 0 aliphatic carbocycles. The SMILES string of the molecule is CC(C)C.CC(C)C.CC(C)C.CC(C)C.[C]. The molecule has 0 amide bonds. The van der Waals surface area contributed by atoms with Crippen molar-refractivity contribution in [2.45, 2.75) is 83.1 Å². The molecular formula is C17H40. The molecule has 0 heterocycles. The van der Waals surface area contributed by atoms with Gasteiger partial charge < -0.3 is 0 Å². The van der Waals surface area contributed by atoms with Gasteiger partial charge in [-0.25, -0.2) is 0 Å². The maximum absolute atomic E-state index is 2.17. The van der Waals surface area contributed by atoms with Crippen LogP contribution in [0.3, 0.4) is 0 Å². The van der Waals surface area contributed by atoms with E-state index in [1.54, 1.807) is 0 Å². The van der Waals surface area contributed by atoms with E-state index in [0.717, 1.165) is 23.7 Å². The topological polar surface area (TPSA) is 0 Å². The van der Waals surface area contributed by atoms with Crippen LogP contribution in [0.5, 0.6) is 0 Å². The molecule has 0 N–H and O–H groups in total. The van der Waals surface area contributed by atoms with E-state index >= 15 is 0 Å². The monoisotopic (exact) mass is 244 g/mol. The van der Waals surface area contributed by atoms with Crippen molar-refractivity contribution >= 4 is 0 Å². The summed E-state index contributed by atoms with van der Waals surface area (Å²) in [7, 11) is 0. The quantitative estimate of drug-likeness (QED) is 0.443. The highest BCUT2D eigenvalue weighted by molar-refractivity contribution is 4.21. The molecule has 0 heteroatoms. The van der Waals surface area contributed by atoms with Crippen LogP contribution in [0.15, 0.2) is 0 Å². The molecule has 0 spiro atoms. The van der Waals surface area contributed by atoms with Crippen molar-refractivity contribution < 1.29 is 0 Å². The average Bonchev–Trinajstić information content (AvgIpc) is 1.76. The van der Waals surface area contributed by atoms with Crippen molar-refractivity contribution in [3.8, 4) is 0 Å². The maximum Gasteiger partial charge on any atom is 0 e. The van der Waals surface area contributed by atoms with E-state index in [-0.39, 0.29) is 7.43 Å². The van der Waals surface area contributed by atoms with Crippen LogP contribution in [0.25, 0.3) is 0 Å². The molecule has 0 aliphatic rings. The van der Waals surface area contributed by atoms with Crippen LogP contribution < -0.4 is 0 Å². The lowest BCUT2D eigenvalue weighted by molar-refractivity contribution is 0.736. The molecule has 0 fully saturated rings. The third kappa shape index (κ3) is 0. The van der Waals surface area contributed by atoms with Gasteiger partial charge in [0.05, 0.1) is 0 Å². The molecule has 0 saturated heterocycles. The summed E-state index contributed by atoms with van der Waals surface area (Å²) in [6, 6.07) is 0. The van der Waals surface area contributed by atoms with Crippen LogP contribution in [0.4, 0.5) is 0 Å². The van der Waals surface area contributed by atoms with Crippen LogP contribution in [-0.4, -0.2) is 0 Å². The second-order valence-corrected chi connectivity index (χ2v) is 6.93. The van der Waals surface area contributed by atoms with Gasteiger partial charge in [0, 0.05) is 7.43 Å². The molecule has 0 unspecified atom stereocenters. The first-order valence-corrected chi connectivity index (χ1v) is 6.93. The van der Waals surface area contributed by atoms with Crippen molar-refractivity contribution in [3.63, 3.8) is 0 Å². The standard InChI is InChI=1S/4C4H10.C/c4*1-4(2)3;/h4*4H,1-3H3;. The summed E-state index contributed by atoms with van der Waals surface area (Å²) < 4.78 is 0. The molecule has 4 radical (unpaired) electrons. The zero-order valence-corrected chi connectivity index (χ0v) is 14.8. The minimum Gasteiger partial charge on any atom is -0.0630 e. The lowest BCUT2D eigenvalue weighted by atomic mass is 10.3. The van der Waals surface area contributed by atoms with Gasteiger partial charge >= 0.3 is 0 Å². The van der Waals surface area contributed by atoms with Gasteiger partial charge in [-0.1, -0.05) is 83.1 Å². The zero-order valence-electron chi connectivity index (χ0n) is 14.8. The Labute approximate surface area is 115 Å². The van der Waals surface area contributed by atoms with Gasteiger partial charge in [-0.05, 0) is 23.7 Å². The third-order valence-electron chi connectivity index (χ3n) is 0. The van der Waals surface area contributed by atoms with Gasteiger partial charge in [0.15, 0.2) is 0 Å². The van der Waals surface area contributed by atoms with E-state index in [2.05, 4.69) is 83.1 Å². The van der Waals surface area contributed by atoms with Crippen LogP contribution in [0, 0.1) is 31.1 Å². The smallest absolute Gasteiger partial charge is 0 e. The molecule has 0 aromatic carbocycles. The average molecular weight is 245 g/mol. The number of hydrogen-bond donors (Lipinski definition) is 0. The molecule has 0 aromatic rings. The van der Waals surface area contributed by atoms with Crippen molar-refractivity contribution in [1.82, 2.24) is 0 Å². The zero-order chi connectivity index (χ0) is 14.3. The Bertz CT molecular complexity index is 43.0. The van der Waals surface area contributed by atoms with E-state index < -0.39 is 0 Å². The van der Waals surface area contributed by atoms with Gasteiger partial charge in [-0.2, -0.15) is 0 Å². The van der Waals surface area contributed by atoms with Gasteiger partial charge in [0.1, 0.15) is 0 Å². The molecule has 17 heavy (non-hydrogen) atoms. The van der Waals surface area contributed by atoms with E-state index in [9.17, 15) is 0 Å². The van der Waals surface area contributed by atoms with Crippen molar-refractivity contribution in [1.29, 1.82) is 0 Å². The largest absolute Gasteiger partial charge is 0.0630 e. The van der Waals surface area contributed by atoms with Crippen molar-refractivity contribution in [2.24, 2.45) is 23.7 Å². The minimum absolute atomic E-state index is 0. The number of hydrogen-bond acceptors (Lipinski definition) is 0. The highest BCUT2D eigenvalue weighted by Crippen LogP contribution is 1.82. The maximum atomic E-state index is 2.17. The molecule has 108 valence electrons. The van der Waals surface area contributed by atoms with Crippen molar-refractivity contribution in [2.75, 3.05) is 0 Å². The highest BCUT2D eigenvalue weighted by Gasteiger charge is 1.69. The van der Waals surface area contributed by atoms with E-state index in [0.29, 0.717) is 0 Å². The summed E-state index contributed by atoms with van der Waals surface area (Å²) >= 11 is 0. The Morgan fingerprint density at radius 1 is 0.294 bits per heavy atom. The molecule has 0 bridgehead atoms. The Hall–Kier alpha value is 0. The molecule has 0 rings (SSSR count). The summed E-state index contributed by atoms with van der Waals surface area (Å²) in [6.45, 7) is 26.0. The lowest BCUT2D eigenvalue weighted by Gasteiger charge is -1.79. The van der Waals surface area contributed by atoms with E-state index in [1.165, 1.54) is 0 Å². The molecule has 0 saturated carbocycles. The van der Waals surface area contributed by atoms with Gasteiger partial charge in [-0.15, -0.1) is 0 Å². The number of rotatable bonds is 0. The molecule has 0 nitrogen and oxygen atoms in total. The van der Waals surface area contributed by atoms with E-state index in [4.69, 9.17) is 0 Å². The first-order valence-electron chi connectivity index (χ1n) is 6.93. The molecule has 0 aromatic heterocycles. The summed E-state index contributed by atoms with van der Waals surface area (Å²) in [5.41, 5.74) is 0. The third-order valence-corrected chi connectivity index (χ3v) is 0. The summed E-state index contributed by atoms with van der Waals surface area (Å²) in [5, 5.41) is 0. The van der Waals surface area contributed by atoms with Crippen molar-refractivity contribution in [3.05, 3.63) is 7.43 Å². The Morgan fingerprint density at radius 3 is 0.294 bits per heavy atom. The Balaban J connectivity index is -0.0000000369. The minimum atomic E-state index is 0. The van der Waals surface area contributed by atoms with Gasteiger partial charge in [0.2, 0.25) is 0 Å². The molecule has 0 aliphatic heterocycles. The van der Waals surface area contributed by atoms with Crippen LogP contribution in [0.2, 0.25) is 0 Å². The second kappa shape index (κ2) is 25.0. The van der Waals surface area contributed by atoms with Crippen LogP contribution in [-0.2, 0) is 0 Å². The molecular weight excluding hydrogens is 204 g/mol. The molecule has 0 atom stereocenters. The predicted molar refractivity (Wildman–Crippen MR) is 85.3 cm³/mol. The summed E-state index contributed by atoms with van der Waals surface area (Å²) in [6.07, 6.45) is 0. The summed E-state index contributed by atoms with van der Waals surface area (Å²) in [4.78, 5) is 0. The van der Waals surface area contributed by atoms with Crippen LogP contribution >= 0.6 is 0 Å². The predicted octanol–water partition coefficient (Wildman–Crippen LogP) is 6.73. The normalized spacial score (nSPS) is 8.47.